The molecule has 10 nitrogen and oxygen atoms in total. The van der Waals surface area contributed by atoms with E-state index in [-0.39, 0.29) is 24.7 Å². The van der Waals surface area contributed by atoms with Crippen LogP contribution in [0.1, 0.15) is 11.7 Å². The predicted molar refractivity (Wildman–Crippen MR) is 86.4 cm³/mol. The van der Waals surface area contributed by atoms with E-state index in [1.54, 1.807) is 0 Å². The first-order valence-corrected chi connectivity index (χ1v) is 7.72. The van der Waals surface area contributed by atoms with Crippen molar-refractivity contribution in [3.05, 3.63) is 32.6 Å². The van der Waals surface area contributed by atoms with Crippen LogP contribution in [0.25, 0.3) is 0 Å². The highest BCUT2D eigenvalue weighted by molar-refractivity contribution is 5.76. The van der Waals surface area contributed by atoms with Crippen LogP contribution in [0.5, 0.6) is 0 Å². The van der Waals surface area contributed by atoms with Gasteiger partial charge in [-0.1, -0.05) is 0 Å². The van der Waals surface area contributed by atoms with Gasteiger partial charge in [0.15, 0.2) is 0 Å². The number of rotatable bonds is 7. The largest absolute Gasteiger partial charge is 0.382 e. The quantitative estimate of drug-likeness (QED) is 0.597. The SMILES string of the molecule is CNC(=O)COC1C(OC)[C@@H](COC)O[C@H]1c1cn(C)c(=O)[nH]c1=O. The normalized spacial score (nSPS) is 25.9. The highest BCUT2D eigenvalue weighted by Gasteiger charge is 2.47. The van der Waals surface area contributed by atoms with Gasteiger partial charge < -0.3 is 28.8 Å². The molecular weight excluding hydrogens is 334 g/mol. The van der Waals surface area contributed by atoms with Crippen LogP contribution in [0.15, 0.2) is 15.8 Å². The van der Waals surface area contributed by atoms with Crippen molar-refractivity contribution in [2.45, 2.75) is 24.4 Å². The van der Waals surface area contributed by atoms with Gasteiger partial charge in [-0.2, -0.15) is 0 Å². The molecule has 1 fully saturated rings. The summed E-state index contributed by atoms with van der Waals surface area (Å²) in [5.41, 5.74) is -0.898. The zero-order valence-electron chi connectivity index (χ0n) is 14.6. The lowest BCUT2D eigenvalue weighted by atomic mass is 10.0. The Morgan fingerprint density at radius 1 is 1.36 bits per heavy atom. The maximum Gasteiger partial charge on any atom is 0.328 e. The molecule has 1 aliphatic heterocycles. The Morgan fingerprint density at radius 2 is 2.08 bits per heavy atom. The van der Waals surface area contributed by atoms with E-state index in [9.17, 15) is 14.4 Å². The molecule has 2 rings (SSSR count). The van der Waals surface area contributed by atoms with Crippen molar-refractivity contribution in [3.8, 4) is 0 Å². The number of hydrogen-bond acceptors (Lipinski definition) is 7. The van der Waals surface area contributed by atoms with Crippen LogP contribution in [0.3, 0.4) is 0 Å². The highest BCUT2D eigenvalue weighted by atomic mass is 16.6. The summed E-state index contributed by atoms with van der Waals surface area (Å²) >= 11 is 0. The lowest BCUT2D eigenvalue weighted by Gasteiger charge is -2.23. The van der Waals surface area contributed by atoms with Crippen LogP contribution in [0.4, 0.5) is 0 Å². The van der Waals surface area contributed by atoms with Crippen LogP contribution in [0, 0.1) is 0 Å². The Morgan fingerprint density at radius 3 is 2.68 bits per heavy atom. The predicted octanol–water partition coefficient (Wildman–Crippen LogP) is -1.69. The van der Waals surface area contributed by atoms with Gasteiger partial charge in [-0.05, 0) is 0 Å². The van der Waals surface area contributed by atoms with Gasteiger partial charge in [-0.3, -0.25) is 14.6 Å². The third kappa shape index (κ3) is 4.15. The van der Waals surface area contributed by atoms with Crippen LogP contribution >= 0.6 is 0 Å². The Kier molecular flexibility index (Phi) is 6.48. The van der Waals surface area contributed by atoms with Crippen molar-refractivity contribution < 1.29 is 23.7 Å². The molecular formula is C15H23N3O7. The second-order valence-corrected chi connectivity index (χ2v) is 5.65. The van der Waals surface area contributed by atoms with Crippen LogP contribution < -0.4 is 16.6 Å². The summed E-state index contributed by atoms with van der Waals surface area (Å²) in [6.07, 6.45) is -1.19. The van der Waals surface area contributed by atoms with Gasteiger partial charge in [0.05, 0.1) is 12.2 Å². The smallest absolute Gasteiger partial charge is 0.328 e. The van der Waals surface area contributed by atoms with Crippen molar-refractivity contribution in [3.63, 3.8) is 0 Å². The van der Waals surface area contributed by atoms with E-state index in [1.165, 1.54) is 39.1 Å². The van der Waals surface area contributed by atoms with Crippen molar-refractivity contribution in [2.24, 2.45) is 7.05 Å². The van der Waals surface area contributed by atoms with Crippen LogP contribution in [0.2, 0.25) is 0 Å². The monoisotopic (exact) mass is 357 g/mol. The topological polar surface area (TPSA) is 121 Å². The average Bonchev–Trinajstić information content (AvgIpc) is 2.93. The van der Waals surface area contributed by atoms with Gasteiger partial charge >= 0.3 is 5.69 Å². The van der Waals surface area contributed by atoms with Crippen molar-refractivity contribution in [2.75, 3.05) is 34.5 Å². The molecule has 0 aliphatic carbocycles. The second kappa shape index (κ2) is 8.39. The number of carbonyl (C=O) groups excluding carboxylic acids is 1. The molecule has 25 heavy (non-hydrogen) atoms. The lowest BCUT2D eigenvalue weighted by molar-refractivity contribution is -0.131. The zero-order chi connectivity index (χ0) is 18.6. The number of ether oxygens (including phenoxy) is 4. The van der Waals surface area contributed by atoms with E-state index in [0.29, 0.717) is 0 Å². The minimum Gasteiger partial charge on any atom is -0.382 e. The van der Waals surface area contributed by atoms with Gasteiger partial charge in [0, 0.05) is 34.5 Å². The van der Waals surface area contributed by atoms with E-state index in [1.807, 2.05) is 0 Å². The number of aromatic nitrogens is 2. The summed E-state index contributed by atoms with van der Waals surface area (Å²) in [4.78, 5) is 37.5. The Bertz CT molecular complexity index is 714. The molecule has 0 bridgehead atoms. The van der Waals surface area contributed by atoms with Crippen molar-refractivity contribution >= 4 is 5.91 Å². The lowest BCUT2D eigenvalue weighted by Crippen LogP contribution is -2.40. The van der Waals surface area contributed by atoms with Gasteiger partial charge in [0.1, 0.15) is 31.0 Å². The van der Waals surface area contributed by atoms with Gasteiger partial charge in [0.2, 0.25) is 5.91 Å². The molecule has 140 valence electrons. The molecule has 1 aromatic heterocycles. The molecule has 1 aliphatic rings. The number of aromatic amines is 1. The summed E-state index contributed by atoms with van der Waals surface area (Å²) < 4.78 is 23.4. The van der Waals surface area contributed by atoms with E-state index in [2.05, 4.69) is 10.3 Å². The summed E-state index contributed by atoms with van der Waals surface area (Å²) in [6.45, 7) is 0.00275. The molecule has 2 unspecified atom stereocenters. The molecule has 10 heteroatoms. The number of methoxy groups -OCH3 is 2. The fourth-order valence-corrected chi connectivity index (χ4v) is 2.77. The Labute approximate surface area is 144 Å². The summed E-state index contributed by atoms with van der Waals surface area (Å²) in [7, 11) is 6.01. The number of H-pyrrole nitrogens is 1. The van der Waals surface area contributed by atoms with Crippen molar-refractivity contribution in [1.29, 1.82) is 0 Å². The first-order valence-electron chi connectivity index (χ1n) is 7.72. The average molecular weight is 357 g/mol. The third-order valence-corrected chi connectivity index (χ3v) is 4.04. The first-order chi connectivity index (χ1) is 11.9. The zero-order valence-corrected chi connectivity index (χ0v) is 14.6. The van der Waals surface area contributed by atoms with E-state index >= 15 is 0 Å². The van der Waals surface area contributed by atoms with Crippen molar-refractivity contribution in [1.82, 2.24) is 14.9 Å². The van der Waals surface area contributed by atoms with E-state index < -0.39 is 35.7 Å². The maximum atomic E-state index is 12.2. The van der Waals surface area contributed by atoms with Gasteiger partial charge in [-0.15, -0.1) is 0 Å². The third-order valence-electron chi connectivity index (χ3n) is 4.04. The Balaban J connectivity index is 2.37. The Hall–Kier alpha value is -2.01. The number of nitrogens with zero attached hydrogens (tertiary/aromatic N) is 1. The molecule has 0 aromatic carbocycles. The summed E-state index contributed by atoms with van der Waals surface area (Å²) in [6, 6.07) is 0. The van der Waals surface area contributed by atoms with Crippen LogP contribution in [-0.4, -0.2) is 68.3 Å². The molecule has 1 amide bonds. The van der Waals surface area contributed by atoms with Gasteiger partial charge in [-0.25, -0.2) is 4.79 Å². The number of aryl methyl sites for hydroxylation is 1. The first kappa shape index (κ1) is 19.3. The standard InChI is InChI=1S/C15H23N3O7/c1-16-10(19)7-24-13-11(25-9(6-22-3)12(13)23-4)8-5-18(2)15(21)17-14(8)20/h5,9,11-13H,6-7H2,1-4H3,(H,16,19)(H,17,20,21)/t9-,11+,12?,13?/m1/s1. The number of likely N-dealkylation sites (N-methyl/N-ethyl adjacent to an activating group) is 1. The fraction of sp³-hybridized carbons (Fsp3) is 0.667. The number of hydrogen-bond donors (Lipinski definition) is 2. The molecule has 1 saturated heterocycles. The van der Waals surface area contributed by atoms with Gasteiger partial charge in [0.25, 0.3) is 5.56 Å². The number of nitrogens with one attached hydrogen (secondary N) is 2. The number of carbonyl (C=O) groups is 1. The summed E-state index contributed by atoms with van der Waals surface area (Å²) in [5, 5.41) is 2.46. The molecule has 2 heterocycles. The van der Waals surface area contributed by atoms with E-state index in [4.69, 9.17) is 18.9 Å². The van der Waals surface area contributed by atoms with Crippen LogP contribution in [-0.2, 0) is 30.8 Å². The molecule has 0 radical (unpaired) electrons. The second-order valence-electron chi connectivity index (χ2n) is 5.65. The number of amides is 1. The minimum atomic E-state index is -0.815. The molecule has 0 saturated carbocycles. The minimum absolute atomic E-state index is 0.213. The molecule has 0 spiro atoms. The molecule has 4 atom stereocenters. The summed E-state index contributed by atoms with van der Waals surface area (Å²) in [5.74, 6) is -0.321. The maximum absolute atomic E-state index is 12.2. The molecule has 2 N–H and O–H groups in total. The fourth-order valence-electron chi connectivity index (χ4n) is 2.77. The highest BCUT2D eigenvalue weighted by Crippen LogP contribution is 2.35. The van der Waals surface area contributed by atoms with E-state index in [0.717, 1.165) is 0 Å². The molecule has 1 aromatic rings.